The Balaban J connectivity index is 1.85. The molecule has 0 aliphatic heterocycles. The summed E-state index contributed by atoms with van der Waals surface area (Å²) < 4.78 is 14.5. The highest BCUT2D eigenvalue weighted by Gasteiger charge is 2.15. The molecule has 0 aliphatic carbocycles. The predicted octanol–water partition coefficient (Wildman–Crippen LogP) is 1.75. The number of hydrogen-bond donors (Lipinski definition) is 2. The van der Waals surface area contributed by atoms with Gasteiger partial charge in [-0.15, -0.1) is 0 Å². The van der Waals surface area contributed by atoms with Crippen LogP contribution in [0.3, 0.4) is 0 Å². The Labute approximate surface area is 170 Å². The number of hydrazine groups is 1. The average Bonchev–Trinajstić information content (AvgIpc) is 2.75. The van der Waals surface area contributed by atoms with E-state index in [4.69, 9.17) is 21.1 Å². The largest absolute Gasteiger partial charge is 0.496 e. The predicted molar refractivity (Wildman–Crippen MR) is 102 cm³/mol. The minimum Gasteiger partial charge on any atom is -0.496 e. The fourth-order valence-electron chi connectivity index (χ4n) is 2.16. The first-order valence-electron chi connectivity index (χ1n) is 8.14. The third-order valence-electron chi connectivity index (χ3n) is 3.60. The number of methoxy groups -OCH3 is 2. The lowest BCUT2D eigenvalue weighted by atomic mass is 10.1. The Morgan fingerprint density at radius 3 is 2.10 bits per heavy atom. The second kappa shape index (κ2) is 10.1. The zero-order valence-electron chi connectivity index (χ0n) is 15.5. The molecule has 0 fully saturated rings. The number of rotatable bonds is 6. The van der Waals surface area contributed by atoms with Crippen LogP contribution in [0.4, 0.5) is 0 Å². The van der Waals surface area contributed by atoms with E-state index in [2.05, 4.69) is 15.6 Å². The van der Waals surface area contributed by atoms with E-state index in [0.29, 0.717) is 5.02 Å². The van der Waals surface area contributed by atoms with Crippen molar-refractivity contribution in [3.05, 3.63) is 64.2 Å². The summed E-state index contributed by atoms with van der Waals surface area (Å²) in [4.78, 5) is 47.2. The molecule has 0 saturated heterocycles. The SMILES string of the molecule is COC(=O)c1ccc(C(=O)OCC(=O)NNC(=O)c2cc(Cl)ccc2OC)cc1. The van der Waals surface area contributed by atoms with E-state index in [1.54, 1.807) is 6.07 Å². The number of ether oxygens (including phenoxy) is 3. The van der Waals surface area contributed by atoms with E-state index in [9.17, 15) is 19.2 Å². The maximum Gasteiger partial charge on any atom is 0.338 e. The number of hydrogen-bond acceptors (Lipinski definition) is 7. The lowest BCUT2D eigenvalue weighted by Gasteiger charge is -2.11. The van der Waals surface area contributed by atoms with E-state index in [1.165, 1.54) is 50.6 Å². The Bertz CT molecular complexity index is 929. The number of esters is 2. The number of amides is 2. The Morgan fingerprint density at radius 1 is 0.897 bits per heavy atom. The maximum absolute atomic E-state index is 12.1. The van der Waals surface area contributed by atoms with E-state index in [1.807, 2.05) is 0 Å². The third-order valence-corrected chi connectivity index (χ3v) is 3.83. The second-order valence-electron chi connectivity index (χ2n) is 5.49. The topological polar surface area (TPSA) is 120 Å². The van der Waals surface area contributed by atoms with Gasteiger partial charge in [-0.25, -0.2) is 9.59 Å². The molecule has 0 radical (unpaired) electrons. The smallest absolute Gasteiger partial charge is 0.338 e. The summed E-state index contributed by atoms with van der Waals surface area (Å²) in [6.07, 6.45) is 0. The van der Waals surface area contributed by atoms with Gasteiger partial charge >= 0.3 is 11.9 Å². The highest BCUT2D eigenvalue weighted by Crippen LogP contribution is 2.22. The number of benzene rings is 2. The van der Waals surface area contributed by atoms with Gasteiger partial charge in [0.2, 0.25) is 0 Å². The van der Waals surface area contributed by atoms with E-state index >= 15 is 0 Å². The molecule has 2 rings (SSSR count). The molecule has 9 nitrogen and oxygen atoms in total. The van der Waals surface area contributed by atoms with E-state index in [0.717, 1.165) is 0 Å². The van der Waals surface area contributed by atoms with Gasteiger partial charge in [-0.3, -0.25) is 20.4 Å². The number of carbonyl (C=O) groups excluding carboxylic acids is 4. The van der Waals surface area contributed by atoms with Crippen LogP contribution in [0.15, 0.2) is 42.5 Å². The molecule has 0 saturated carbocycles. The van der Waals surface area contributed by atoms with E-state index < -0.39 is 30.4 Å². The molecule has 2 N–H and O–H groups in total. The van der Waals surface area contributed by atoms with Crippen molar-refractivity contribution in [1.29, 1.82) is 0 Å². The monoisotopic (exact) mass is 420 g/mol. The Morgan fingerprint density at radius 2 is 1.52 bits per heavy atom. The van der Waals surface area contributed by atoms with Gasteiger partial charge in [0.05, 0.1) is 30.9 Å². The molecule has 0 atom stereocenters. The molecule has 2 aromatic rings. The zero-order chi connectivity index (χ0) is 21.4. The first kappa shape index (κ1) is 21.7. The number of nitrogens with one attached hydrogen (secondary N) is 2. The quantitative estimate of drug-likeness (QED) is 0.539. The molecule has 0 unspecified atom stereocenters. The van der Waals surface area contributed by atoms with Crippen LogP contribution in [0, 0.1) is 0 Å². The fraction of sp³-hybridized carbons (Fsp3) is 0.158. The third kappa shape index (κ3) is 5.94. The molecule has 0 bridgehead atoms. The van der Waals surface area contributed by atoms with Gasteiger partial charge in [0.15, 0.2) is 6.61 Å². The summed E-state index contributed by atoms with van der Waals surface area (Å²) in [6, 6.07) is 9.93. The van der Waals surface area contributed by atoms with Gasteiger partial charge in [0, 0.05) is 5.02 Å². The van der Waals surface area contributed by atoms with Gasteiger partial charge in [0.25, 0.3) is 11.8 Å². The van der Waals surface area contributed by atoms with Crippen molar-refractivity contribution in [1.82, 2.24) is 10.9 Å². The molecule has 29 heavy (non-hydrogen) atoms. The van der Waals surface area contributed by atoms with Crippen LogP contribution in [0.2, 0.25) is 5.02 Å². The van der Waals surface area contributed by atoms with Gasteiger partial charge in [-0.2, -0.15) is 0 Å². The molecule has 2 amide bonds. The molecule has 152 valence electrons. The van der Waals surface area contributed by atoms with Gasteiger partial charge in [-0.1, -0.05) is 11.6 Å². The van der Waals surface area contributed by atoms with Crippen molar-refractivity contribution < 1.29 is 33.4 Å². The van der Waals surface area contributed by atoms with Gasteiger partial charge < -0.3 is 14.2 Å². The van der Waals surface area contributed by atoms with Crippen molar-refractivity contribution in [2.75, 3.05) is 20.8 Å². The second-order valence-corrected chi connectivity index (χ2v) is 5.93. The lowest BCUT2D eigenvalue weighted by molar-refractivity contribution is -0.125. The average molecular weight is 421 g/mol. The molecule has 0 heterocycles. The van der Waals surface area contributed by atoms with Crippen molar-refractivity contribution in [2.24, 2.45) is 0 Å². The van der Waals surface area contributed by atoms with Crippen molar-refractivity contribution >= 4 is 35.4 Å². The molecule has 0 aliphatic rings. The summed E-state index contributed by atoms with van der Waals surface area (Å²) in [7, 11) is 2.63. The fourth-order valence-corrected chi connectivity index (χ4v) is 2.33. The molecular formula is C19H17ClN2O7. The number of carbonyl (C=O) groups is 4. The molecule has 0 aromatic heterocycles. The van der Waals surface area contributed by atoms with Gasteiger partial charge in [0.1, 0.15) is 5.75 Å². The van der Waals surface area contributed by atoms with Crippen LogP contribution >= 0.6 is 11.6 Å². The van der Waals surface area contributed by atoms with Crippen molar-refractivity contribution in [2.45, 2.75) is 0 Å². The van der Waals surface area contributed by atoms with Gasteiger partial charge in [-0.05, 0) is 42.5 Å². The van der Waals surface area contributed by atoms with Crippen LogP contribution in [0.5, 0.6) is 5.75 Å². The first-order chi connectivity index (χ1) is 13.8. The summed E-state index contributed by atoms with van der Waals surface area (Å²) in [5, 5.41) is 0.314. The van der Waals surface area contributed by atoms with Crippen LogP contribution in [-0.2, 0) is 14.3 Å². The number of halogens is 1. The first-order valence-corrected chi connectivity index (χ1v) is 8.51. The zero-order valence-corrected chi connectivity index (χ0v) is 16.2. The minimum atomic E-state index is -0.778. The molecule has 10 heteroatoms. The highest BCUT2D eigenvalue weighted by molar-refractivity contribution is 6.31. The van der Waals surface area contributed by atoms with Crippen molar-refractivity contribution in [3.8, 4) is 5.75 Å². The highest BCUT2D eigenvalue weighted by atomic mass is 35.5. The lowest BCUT2D eigenvalue weighted by Crippen LogP contribution is -2.43. The van der Waals surface area contributed by atoms with Crippen molar-refractivity contribution in [3.63, 3.8) is 0 Å². The summed E-state index contributed by atoms with van der Waals surface area (Å²) in [5.74, 6) is -2.49. The minimum absolute atomic E-state index is 0.114. The molecular weight excluding hydrogens is 404 g/mol. The summed E-state index contributed by atoms with van der Waals surface area (Å²) >= 11 is 5.85. The molecule has 0 spiro atoms. The standard InChI is InChI=1S/C19H17ClN2O7/c1-27-15-8-7-13(20)9-14(15)17(24)22-21-16(23)10-29-19(26)12-5-3-11(4-6-12)18(25)28-2/h3-9H,10H2,1-2H3,(H,21,23)(H,22,24). The van der Waals surface area contributed by atoms with Crippen LogP contribution in [0.1, 0.15) is 31.1 Å². The van der Waals surface area contributed by atoms with E-state index in [-0.39, 0.29) is 22.4 Å². The summed E-state index contributed by atoms with van der Waals surface area (Å²) in [5.41, 5.74) is 4.80. The van der Waals surface area contributed by atoms with Crippen LogP contribution in [-0.4, -0.2) is 44.6 Å². The normalized spacial score (nSPS) is 9.90. The van der Waals surface area contributed by atoms with Crippen LogP contribution < -0.4 is 15.6 Å². The summed E-state index contributed by atoms with van der Waals surface area (Å²) in [6.45, 7) is -0.634. The maximum atomic E-state index is 12.1. The Kier molecular flexibility index (Phi) is 7.55. The Hall–Kier alpha value is -3.59. The van der Waals surface area contributed by atoms with Crippen LogP contribution in [0.25, 0.3) is 0 Å². The molecule has 2 aromatic carbocycles.